The third-order valence-corrected chi connectivity index (χ3v) is 9.65. The smallest absolute Gasteiger partial charge is 0.351 e. The number of carboxylic acids is 2. The van der Waals surface area contributed by atoms with Crippen molar-refractivity contribution in [2.24, 2.45) is 23.7 Å². The number of epoxide rings is 1. The number of hydrogen-bond donors (Lipinski definition) is 2. The van der Waals surface area contributed by atoms with Gasteiger partial charge in [-0.25, -0.2) is 4.79 Å². The summed E-state index contributed by atoms with van der Waals surface area (Å²) in [6.07, 6.45) is 4.68. The summed E-state index contributed by atoms with van der Waals surface area (Å²) in [5.41, 5.74) is 0.785. The van der Waals surface area contributed by atoms with Crippen LogP contribution < -0.4 is 14.9 Å². The number of halogens is 1. The zero-order valence-electron chi connectivity index (χ0n) is 21.3. The monoisotopic (exact) mass is 534 g/mol. The quantitative estimate of drug-likeness (QED) is 0.324. The average Bonchev–Trinajstić information content (AvgIpc) is 3.49. The lowest BCUT2D eigenvalue weighted by atomic mass is 9.55. The van der Waals surface area contributed by atoms with Crippen molar-refractivity contribution < 1.29 is 39.0 Å². The molecule has 7 atom stereocenters. The maximum Gasteiger partial charge on any atom is 0.351 e. The number of esters is 1. The van der Waals surface area contributed by atoms with Crippen LogP contribution >= 0.6 is 11.6 Å². The summed E-state index contributed by atoms with van der Waals surface area (Å²) in [6, 6.07) is 8.12. The van der Waals surface area contributed by atoms with Crippen LogP contribution in [0, 0.1) is 23.7 Å². The van der Waals surface area contributed by atoms with Crippen LogP contribution in [0.25, 0.3) is 0 Å². The SMILES string of the molecule is CC1CCC2C(C[NH+]3CCN(c4cccc(Cl)c4)CC3)C(=O)OC23C1CCC1(C)OC13.O=C([O-])C(=O)O. The molecule has 2 N–H and O–H groups in total. The minimum absolute atomic E-state index is 0.0225. The molecule has 202 valence electrons. The molecule has 3 heterocycles. The van der Waals surface area contributed by atoms with Crippen molar-refractivity contribution in [2.75, 3.05) is 37.6 Å². The number of piperazine rings is 1. The number of carboxylic acid groups (broad SMARTS) is 2. The van der Waals surface area contributed by atoms with Crippen LogP contribution in [0.1, 0.15) is 39.5 Å². The molecule has 6 rings (SSSR count). The Balaban J connectivity index is 0.000000421. The zero-order chi connectivity index (χ0) is 26.5. The van der Waals surface area contributed by atoms with Gasteiger partial charge in [0, 0.05) is 22.5 Å². The Morgan fingerprint density at radius 2 is 1.92 bits per heavy atom. The predicted molar refractivity (Wildman–Crippen MR) is 132 cm³/mol. The van der Waals surface area contributed by atoms with E-state index in [1.807, 2.05) is 18.2 Å². The van der Waals surface area contributed by atoms with E-state index in [-0.39, 0.29) is 29.2 Å². The van der Waals surface area contributed by atoms with Crippen LogP contribution in [0.2, 0.25) is 5.02 Å². The summed E-state index contributed by atoms with van der Waals surface area (Å²) in [4.78, 5) is 35.2. The van der Waals surface area contributed by atoms with Gasteiger partial charge >= 0.3 is 11.9 Å². The van der Waals surface area contributed by atoms with Crippen LogP contribution in [0.3, 0.4) is 0 Å². The molecule has 2 saturated carbocycles. The number of nitrogens with one attached hydrogen (secondary N) is 1. The second-order valence-electron chi connectivity index (χ2n) is 11.5. The molecule has 5 aliphatic rings. The van der Waals surface area contributed by atoms with Gasteiger partial charge in [0.25, 0.3) is 0 Å². The Labute approximate surface area is 221 Å². The van der Waals surface area contributed by atoms with Gasteiger partial charge in [0.05, 0.1) is 38.3 Å². The number of ether oxygens (including phenoxy) is 2. The molecule has 5 fully saturated rings. The maximum atomic E-state index is 13.2. The Morgan fingerprint density at radius 3 is 2.57 bits per heavy atom. The fourth-order valence-electron chi connectivity index (χ4n) is 7.55. The number of rotatable bonds is 3. The lowest BCUT2D eigenvalue weighted by molar-refractivity contribution is -0.903. The molecule has 1 aromatic rings. The van der Waals surface area contributed by atoms with E-state index in [4.69, 9.17) is 40.9 Å². The standard InChI is InChI=1S/C25H33ClN2O3.C2H2O4/c1-16-6-7-21-19(22(29)30-25(21)20(16)8-9-24(2)23(25)31-24)15-27-10-12-28(13-11-27)18-5-3-4-17(26)14-18;3-1(4)2(5)6/h3-5,14,16,19-21,23H,6-13,15H2,1-2H3;(H,3,4)(H,5,6). The molecular weight excluding hydrogens is 500 g/mol. The second-order valence-corrected chi connectivity index (χ2v) is 11.9. The van der Waals surface area contributed by atoms with Gasteiger partial charge in [-0.1, -0.05) is 24.6 Å². The highest BCUT2D eigenvalue weighted by Gasteiger charge is 2.77. The number of hydrogen-bond acceptors (Lipinski definition) is 7. The first-order chi connectivity index (χ1) is 17.5. The van der Waals surface area contributed by atoms with Crippen LogP contribution in [0.5, 0.6) is 0 Å². The minimum Gasteiger partial charge on any atom is -0.539 e. The maximum absolute atomic E-state index is 13.2. The van der Waals surface area contributed by atoms with Gasteiger partial charge in [0.2, 0.25) is 0 Å². The van der Waals surface area contributed by atoms with Crippen LogP contribution in [-0.4, -0.2) is 73.0 Å². The van der Waals surface area contributed by atoms with Crippen LogP contribution in [0.4, 0.5) is 5.69 Å². The van der Waals surface area contributed by atoms with E-state index >= 15 is 0 Å². The number of anilines is 1. The summed E-state index contributed by atoms with van der Waals surface area (Å²) < 4.78 is 12.6. The van der Waals surface area contributed by atoms with E-state index in [1.54, 1.807) is 0 Å². The van der Waals surface area contributed by atoms with Crippen LogP contribution in [-0.2, 0) is 23.9 Å². The molecule has 0 amide bonds. The van der Waals surface area contributed by atoms with Crippen LogP contribution in [0.15, 0.2) is 24.3 Å². The summed E-state index contributed by atoms with van der Waals surface area (Å²) in [7, 11) is 0. The number of benzene rings is 1. The van der Waals surface area contributed by atoms with Crippen molar-refractivity contribution in [2.45, 2.75) is 56.8 Å². The van der Waals surface area contributed by atoms with Crippen molar-refractivity contribution in [1.29, 1.82) is 0 Å². The molecule has 3 saturated heterocycles. The van der Waals surface area contributed by atoms with Crippen molar-refractivity contribution in [3.63, 3.8) is 0 Å². The van der Waals surface area contributed by atoms with E-state index < -0.39 is 11.9 Å². The van der Waals surface area contributed by atoms with E-state index in [2.05, 4.69) is 24.8 Å². The zero-order valence-corrected chi connectivity index (χ0v) is 22.0. The summed E-state index contributed by atoms with van der Waals surface area (Å²) in [5, 5.41) is 17.1. The van der Waals surface area contributed by atoms with Gasteiger partial charge in [0.1, 0.15) is 17.6 Å². The fraction of sp³-hybridized carbons (Fsp3) is 0.667. The number of fused-ring (bicyclic) bond motifs is 1. The minimum atomic E-state index is -2.07. The van der Waals surface area contributed by atoms with Gasteiger partial charge in [0.15, 0.2) is 5.97 Å². The number of nitrogens with zero attached hydrogens (tertiary/aromatic N) is 1. The highest BCUT2D eigenvalue weighted by Crippen LogP contribution is 2.66. The molecule has 2 aliphatic carbocycles. The first kappa shape index (κ1) is 26.3. The largest absolute Gasteiger partial charge is 0.539 e. The van der Waals surface area contributed by atoms with Gasteiger partial charge in [-0.2, -0.15) is 0 Å². The predicted octanol–water partition coefficient (Wildman–Crippen LogP) is 0.391. The van der Waals surface area contributed by atoms with Crippen molar-refractivity contribution >= 4 is 35.2 Å². The molecule has 9 nitrogen and oxygen atoms in total. The molecule has 1 spiro atoms. The molecule has 3 aliphatic heterocycles. The molecule has 0 aromatic heterocycles. The first-order valence-corrected chi connectivity index (χ1v) is 13.6. The van der Waals surface area contributed by atoms with E-state index in [9.17, 15) is 4.79 Å². The highest BCUT2D eigenvalue weighted by molar-refractivity contribution is 6.30. The molecule has 7 unspecified atom stereocenters. The Morgan fingerprint density at radius 1 is 1.22 bits per heavy atom. The Bertz CT molecular complexity index is 1060. The Kier molecular flexibility index (Phi) is 6.92. The van der Waals surface area contributed by atoms with Crippen molar-refractivity contribution in [1.82, 2.24) is 0 Å². The summed E-state index contributed by atoms with van der Waals surface area (Å²) in [6.45, 7) is 9.57. The topological polar surface area (TPSA) is 124 Å². The Hall–Kier alpha value is -2.36. The van der Waals surface area contributed by atoms with E-state index in [1.165, 1.54) is 17.0 Å². The number of aliphatic carboxylic acids is 2. The van der Waals surface area contributed by atoms with Crippen molar-refractivity contribution in [3.8, 4) is 0 Å². The molecule has 1 aromatic carbocycles. The normalized spacial score (nSPS) is 38.3. The summed E-state index contributed by atoms with van der Waals surface area (Å²) in [5.74, 6) is -2.53. The second kappa shape index (κ2) is 9.75. The van der Waals surface area contributed by atoms with E-state index in [0.29, 0.717) is 17.8 Å². The molecule has 0 radical (unpaired) electrons. The fourth-order valence-corrected chi connectivity index (χ4v) is 7.74. The average molecular weight is 535 g/mol. The summed E-state index contributed by atoms with van der Waals surface area (Å²) >= 11 is 6.18. The van der Waals surface area contributed by atoms with Gasteiger partial charge in [-0.15, -0.1) is 0 Å². The molecule has 0 bridgehead atoms. The lowest BCUT2D eigenvalue weighted by Crippen LogP contribution is -3.15. The number of quaternary nitrogens is 1. The number of carbonyl (C=O) groups excluding carboxylic acids is 2. The van der Waals surface area contributed by atoms with Crippen molar-refractivity contribution in [3.05, 3.63) is 29.3 Å². The highest BCUT2D eigenvalue weighted by atomic mass is 35.5. The number of carbonyl (C=O) groups is 3. The van der Waals surface area contributed by atoms with E-state index in [0.717, 1.165) is 57.0 Å². The third kappa shape index (κ3) is 4.70. The lowest BCUT2D eigenvalue weighted by Gasteiger charge is -2.50. The third-order valence-electron chi connectivity index (χ3n) is 9.42. The molecule has 10 heteroatoms. The molecular formula is C27H35ClN2O7. The van der Waals surface area contributed by atoms with Gasteiger partial charge in [-0.05, 0) is 56.7 Å². The first-order valence-electron chi connectivity index (χ1n) is 13.2. The molecule has 37 heavy (non-hydrogen) atoms. The van der Waals surface area contributed by atoms with Gasteiger partial charge < -0.3 is 34.3 Å². The van der Waals surface area contributed by atoms with Gasteiger partial charge in [-0.3, -0.25) is 4.79 Å².